The molecule has 6 heteroatoms. The minimum atomic E-state index is -3.97. The molecule has 0 unspecified atom stereocenters. The number of aliphatic hydroxyl groups excluding tert-OH is 1. The second-order valence-corrected chi connectivity index (χ2v) is 4.12. The summed E-state index contributed by atoms with van der Waals surface area (Å²) in [4.78, 5) is 11.0. The fourth-order valence-electron chi connectivity index (χ4n) is 1.23. The number of benzene rings is 1. The van der Waals surface area contributed by atoms with Crippen LogP contribution in [-0.4, -0.2) is 23.6 Å². The van der Waals surface area contributed by atoms with Gasteiger partial charge in [0.1, 0.15) is 0 Å². The van der Waals surface area contributed by atoms with Gasteiger partial charge < -0.3 is 9.84 Å². The maximum Gasteiger partial charge on any atom is 0.380 e. The van der Waals surface area contributed by atoms with Gasteiger partial charge >= 0.3 is 11.9 Å². The fourth-order valence-corrected chi connectivity index (χ4v) is 1.73. The number of carbonyl (C=O) groups excluding carboxylic acids is 1. The van der Waals surface area contributed by atoms with Crippen molar-refractivity contribution < 1.29 is 23.4 Å². The van der Waals surface area contributed by atoms with Crippen LogP contribution in [-0.2, 0) is 9.53 Å². The molecule has 94 valence electrons. The summed E-state index contributed by atoms with van der Waals surface area (Å²) in [5, 5.41) is 9.55. The van der Waals surface area contributed by atoms with Crippen LogP contribution in [0.1, 0.15) is 18.6 Å². The molecule has 1 aromatic carbocycles. The lowest BCUT2D eigenvalue weighted by Gasteiger charge is -2.21. The lowest BCUT2D eigenvalue weighted by molar-refractivity contribution is -0.189. The van der Waals surface area contributed by atoms with Crippen LogP contribution >= 0.6 is 15.9 Å². The average Bonchev–Trinajstić information content (AvgIpc) is 2.29. The molecule has 0 fully saturated rings. The van der Waals surface area contributed by atoms with Gasteiger partial charge in [-0.25, -0.2) is 4.79 Å². The molecule has 17 heavy (non-hydrogen) atoms. The van der Waals surface area contributed by atoms with Crippen LogP contribution in [0.25, 0.3) is 0 Å². The second-order valence-electron chi connectivity index (χ2n) is 3.27. The van der Waals surface area contributed by atoms with Gasteiger partial charge in [0.2, 0.25) is 0 Å². The standard InChI is InChI=1S/C11H11BrF2O3/c1-2-17-10(16)11(13,14)9(15)7-5-3-4-6-8(7)12/h3-6,9,15H,2H2,1H3/t9-/m1/s1. The predicted octanol–water partition coefficient (Wildman–Crippen LogP) is 2.68. The van der Waals surface area contributed by atoms with E-state index in [2.05, 4.69) is 20.7 Å². The first-order valence-corrected chi connectivity index (χ1v) is 5.68. The Morgan fingerprint density at radius 2 is 2.12 bits per heavy atom. The molecule has 0 saturated heterocycles. The van der Waals surface area contributed by atoms with Crippen molar-refractivity contribution in [1.29, 1.82) is 0 Å². The zero-order chi connectivity index (χ0) is 13.1. The predicted molar refractivity (Wildman–Crippen MR) is 60.7 cm³/mol. The number of rotatable bonds is 4. The number of ether oxygens (including phenoxy) is 1. The molecule has 0 aromatic heterocycles. The average molecular weight is 309 g/mol. The van der Waals surface area contributed by atoms with Crippen molar-refractivity contribution in [3.8, 4) is 0 Å². The van der Waals surface area contributed by atoms with Crippen LogP contribution in [0, 0.1) is 0 Å². The quantitative estimate of drug-likeness (QED) is 0.870. The van der Waals surface area contributed by atoms with Crippen molar-refractivity contribution in [2.75, 3.05) is 6.61 Å². The van der Waals surface area contributed by atoms with Crippen molar-refractivity contribution in [2.24, 2.45) is 0 Å². The van der Waals surface area contributed by atoms with E-state index < -0.39 is 18.0 Å². The van der Waals surface area contributed by atoms with Gasteiger partial charge in [-0.05, 0) is 13.0 Å². The van der Waals surface area contributed by atoms with Crippen molar-refractivity contribution >= 4 is 21.9 Å². The summed E-state index contributed by atoms with van der Waals surface area (Å²) in [6, 6.07) is 5.91. The van der Waals surface area contributed by atoms with Gasteiger partial charge in [-0.3, -0.25) is 0 Å². The smallest absolute Gasteiger partial charge is 0.380 e. The Bertz CT molecular complexity index is 409. The van der Waals surface area contributed by atoms with Crippen LogP contribution in [0.5, 0.6) is 0 Å². The van der Waals surface area contributed by atoms with E-state index in [1.54, 1.807) is 6.07 Å². The van der Waals surface area contributed by atoms with Crippen LogP contribution in [0.4, 0.5) is 8.78 Å². The molecule has 0 radical (unpaired) electrons. The monoisotopic (exact) mass is 308 g/mol. The van der Waals surface area contributed by atoms with Crippen molar-refractivity contribution in [3.63, 3.8) is 0 Å². The Labute approximate surface area is 106 Å². The Morgan fingerprint density at radius 3 is 2.65 bits per heavy atom. The Hall–Kier alpha value is -1.01. The maximum atomic E-state index is 13.5. The van der Waals surface area contributed by atoms with Crippen LogP contribution in [0.15, 0.2) is 28.7 Å². The number of esters is 1. The van der Waals surface area contributed by atoms with Crippen LogP contribution in [0.3, 0.4) is 0 Å². The number of hydrogen-bond acceptors (Lipinski definition) is 3. The fraction of sp³-hybridized carbons (Fsp3) is 0.364. The zero-order valence-corrected chi connectivity index (χ0v) is 10.6. The number of alkyl halides is 2. The van der Waals surface area contributed by atoms with Crippen molar-refractivity contribution in [1.82, 2.24) is 0 Å². The van der Waals surface area contributed by atoms with Gasteiger partial charge in [-0.2, -0.15) is 8.78 Å². The minimum Gasteiger partial charge on any atom is -0.461 e. The number of halogens is 3. The first-order valence-electron chi connectivity index (χ1n) is 4.88. The first kappa shape index (κ1) is 14.1. The van der Waals surface area contributed by atoms with Gasteiger partial charge in [-0.15, -0.1) is 0 Å². The molecule has 0 aliphatic rings. The molecule has 0 bridgehead atoms. The summed E-state index contributed by atoms with van der Waals surface area (Å²) in [6.45, 7) is 1.25. The molecular formula is C11H11BrF2O3. The third kappa shape index (κ3) is 3.01. The molecule has 0 amide bonds. The van der Waals surface area contributed by atoms with Crippen LogP contribution in [0.2, 0.25) is 0 Å². The van der Waals surface area contributed by atoms with E-state index in [-0.39, 0.29) is 12.2 Å². The molecule has 1 aromatic rings. The largest absolute Gasteiger partial charge is 0.461 e. The van der Waals surface area contributed by atoms with Gasteiger partial charge in [0.05, 0.1) is 6.61 Å². The SMILES string of the molecule is CCOC(=O)C(F)(F)[C@H](O)c1ccccc1Br. The highest BCUT2D eigenvalue weighted by Crippen LogP contribution is 2.35. The molecular weight excluding hydrogens is 298 g/mol. The normalized spacial score (nSPS) is 13.2. The summed E-state index contributed by atoms with van der Waals surface area (Å²) in [7, 11) is 0. The van der Waals surface area contributed by atoms with E-state index in [1.807, 2.05) is 0 Å². The minimum absolute atomic E-state index is 0.0643. The molecule has 0 aliphatic carbocycles. The third-order valence-corrected chi connectivity index (χ3v) is 2.81. The Kier molecular flexibility index (Phi) is 4.59. The Morgan fingerprint density at radius 1 is 1.53 bits per heavy atom. The van der Waals surface area contributed by atoms with E-state index >= 15 is 0 Å². The van der Waals surface area contributed by atoms with Crippen molar-refractivity contribution in [2.45, 2.75) is 19.0 Å². The summed E-state index contributed by atoms with van der Waals surface area (Å²) in [6.07, 6.45) is -2.24. The van der Waals surface area contributed by atoms with Gasteiger partial charge in [0.15, 0.2) is 6.10 Å². The van der Waals surface area contributed by atoms with Crippen molar-refractivity contribution in [3.05, 3.63) is 34.3 Å². The van der Waals surface area contributed by atoms with E-state index in [9.17, 15) is 18.7 Å². The highest BCUT2D eigenvalue weighted by Gasteiger charge is 2.49. The highest BCUT2D eigenvalue weighted by atomic mass is 79.9. The van der Waals surface area contributed by atoms with Gasteiger partial charge in [0.25, 0.3) is 0 Å². The lowest BCUT2D eigenvalue weighted by Crippen LogP contribution is -2.37. The van der Waals surface area contributed by atoms with E-state index in [1.165, 1.54) is 25.1 Å². The number of aliphatic hydroxyl groups is 1. The van der Waals surface area contributed by atoms with E-state index in [0.717, 1.165) is 0 Å². The maximum absolute atomic E-state index is 13.5. The highest BCUT2D eigenvalue weighted by molar-refractivity contribution is 9.10. The summed E-state index contributed by atoms with van der Waals surface area (Å²) in [5.74, 6) is -5.71. The molecule has 0 saturated carbocycles. The first-order chi connectivity index (χ1) is 7.91. The molecule has 3 nitrogen and oxygen atoms in total. The van der Waals surface area contributed by atoms with Gasteiger partial charge in [-0.1, -0.05) is 34.1 Å². The molecule has 1 rings (SSSR count). The molecule has 1 atom stereocenters. The van der Waals surface area contributed by atoms with Crippen LogP contribution < -0.4 is 0 Å². The lowest BCUT2D eigenvalue weighted by atomic mass is 10.0. The second kappa shape index (κ2) is 5.55. The van der Waals surface area contributed by atoms with Gasteiger partial charge in [0, 0.05) is 10.0 Å². The summed E-state index contributed by atoms with van der Waals surface area (Å²) >= 11 is 3.03. The zero-order valence-electron chi connectivity index (χ0n) is 8.99. The molecule has 0 spiro atoms. The molecule has 1 N–H and O–H groups in total. The van der Waals surface area contributed by atoms with E-state index in [4.69, 9.17) is 0 Å². The summed E-state index contributed by atoms with van der Waals surface area (Å²) < 4.78 is 31.6. The third-order valence-electron chi connectivity index (χ3n) is 2.09. The molecule has 0 aliphatic heterocycles. The Balaban J connectivity index is 3.00. The number of carbonyl (C=O) groups is 1. The number of hydrogen-bond donors (Lipinski definition) is 1. The summed E-state index contributed by atoms with van der Waals surface area (Å²) in [5.41, 5.74) is -0.0643. The van der Waals surface area contributed by atoms with E-state index in [0.29, 0.717) is 4.47 Å². The molecule has 0 heterocycles. The topological polar surface area (TPSA) is 46.5 Å².